The minimum absolute atomic E-state index is 0.0574. The van der Waals surface area contributed by atoms with Crippen molar-refractivity contribution in [2.45, 2.75) is 31.3 Å². The van der Waals surface area contributed by atoms with E-state index in [0.717, 1.165) is 17.7 Å². The van der Waals surface area contributed by atoms with Gasteiger partial charge in [0.2, 0.25) is 5.91 Å². The molecule has 1 unspecified atom stereocenters. The number of carbonyl (C=O) groups excluding carboxylic acids is 4. The average Bonchev–Trinajstić information content (AvgIpc) is 3.59. The summed E-state index contributed by atoms with van der Waals surface area (Å²) in [7, 11) is 2.82. The third-order valence-corrected chi connectivity index (χ3v) is 5.52. The molecule has 0 bridgehead atoms. The van der Waals surface area contributed by atoms with Crippen LogP contribution in [-0.4, -0.2) is 54.9 Å². The lowest BCUT2D eigenvalue weighted by Crippen LogP contribution is -2.46. The fraction of sp³-hybridized carbons (Fsp3) is 0.304. The molecule has 31 heavy (non-hydrogen) atoms. The van der Waals surface area contributed by atoms with E-state index in [1.807, 2.05) is 0 Å². The molecule has 1 atom stereocenters. The Labute approximate surface area is 179 Å². The molecule has 1 aliphatic heterocycles. The standard InChI is InChI=1S/C23H22N2O6/c1-30-18-11-5-14(6-12-18)21(27)24(16-9-10-16)19-13-20(26)25(22(19)28)17-7-3-15(4-8-17)23(29)31-2/h3-8,11-12,16,19H,9-10,13H2,1-2H3. The number of hydrogen-bond donors (Lipinski definition) is 0. The summed E-state index contributed by atoms with van der Waals surface area (Å²) in [5.74, 6) is -0.977. The highest BCUT2D eigenvalue weighted by atomic mass is 16.5. The third-order valence-electron chi connectivity index (χ3n) is 5.52. The smallest absolute Gasteiger partial charge is 0.337 e. The number of esters is 1. The minimum Gasteiger partial charge on any atom is -0.497 e. The van der Waals surface area contributed by atoms with Crippen LogP contribution in [0.15, 0.2) is 48.5 Å². The number of rotatable bonds is 6. The molecule has 0 spiro atoms. The van der Waals surface area contributed by atoms with Crippen LogP contribution in [0, 0.1) is 0 Å². The zero-order valence-corrected chi connectivity index (χ0v) is 17.2. The van der Waals surface area contributed by atoms with Crippen molar-refractivity contribution in [2.75, 3.05) is 19.1 Å². The first-order valence-corrected chi connectivity index (χ1v) is 9.96. The highest BCUT2D eigenvalue weighted by Gasteiger charge is 2.48. The van der Waals surface area contributed by atoms with E-state index >= 15 is 0 Å². The van der Waals surface area contributed by atoms with Gasteiger partial charge in [-0.1, -0.05) is 0 Å². The molecule has 2 aromatic carbocycles. The summed E-state index contributed by atoms with van der Waals surface area (Å²) >= 11 is 0. The number of ether oxygens (including phenoxy) is 2. The van der Waals surface area contributed by atoms with Crippen LogP contribution in [-0.2, 0) is 14.3 Å². The Morgan fingerprint density at radius 3 is 2.10 bits per heavy atom. The highest BCUT2D eigenvalue weighted by Crippen LogP contribution is 2.35. The van der Waals surface area contributed by atoms with Crippen molar-refractivity contribution >= 4 is 29.4 Å². The third kappa shape index (κ3) is 3.88. The summed E-state index contributed by atoms with van der Waals surface area (Å²) in [5, 5.41) is 0. The second-order valence-corrected chi connectivity index (χ2v) is 7.50. The van der Waals surface area contributed by atoms with Crippen LogP contribution in [0.4, 0.5) is 5.69 Å². The maximum atomic E-state index is 13.2. The van der Waals surface area contributed by atoms with E-state index in [-0.39, 0.29) is 24.3 Å². The molecule has 8 nitrogen and oxygen atoms in total. The molecule has 1 aliphatic carbocycles. The van der Waals surface area contributed by atoms with E-state index < -0.39 is 17.9 Å². The van der Waals surface area contributed by atoms with Crippen molar-refractivity contribution in [2.24, 2.45) is 0 Å². The Morgan fingerprint density at radius 1 is 0.935 bits per heavy atom. The molecule has 1 saturated carbocycles. The normalized spacial score (nSPS) is 18.1. The lowest BCUT2D eigenvalue weighted by molar-refractivity contribution is -0.122. The quantitative estimate of drug-likeness (QED) is 0.524. The number of amides is 3. The Hall–Kier alpha value is -3.68. The van der Waals surface area contributed by atoms with Crippen molar-refractivity contribution in [3.63, 3.8) is 0 Å². The van der Waals surface area contributed by atoms with Crippen molar-refractivity contribution < 1.29 is 28.7 Å². The monoisotopic (exact) mass is 422 g/mol. The van der Waals surface area contributed by atoms with Gasteiger partial charge in [0.1, 0.15) is 11.8 Å². The molecule has 0 N–H and O–H groups in total. The van der Waals surface area contributed by atoms with Gasteiger partial charge in [0, 0.05) is 11.6 Å². The van der Waals surface area contributed by atoms with Crippen molar-refractivity contribution in [3.05, 3.63) is 59.7 Å². The van der Waals surface area contributed by atoms with E-state index in [1.54, 1.807) is 36.3 Å². The molecule has 0 radical (unpaired) electrons. The Bertz CT molecular complexity index is 1030. The minimum atomic E-state index is -0.852. The molecule has 8 heteroatoms. The maximum Gasteiger partial charge on any atom is 0.337 e. The van der Waals surface area contributed by atoms with Gasteiger partial charge in [0.25, 0.3) is 11.8 Å². The molecule has 1 heterocycles. The SMILES string of the molecule is COC(=O)c1ccc(N2C(=O)CC(N(C(=O)c3ccc(OC)cc3)C3CC3)C2=O)cc1. The second kappa shape index (κ2) is 8.22. The number of methoxy groups -OCH3 is 2. The van der Waals surface area contributed by atoms with Crippen LogP contribution in [0.3, 0.4) is 0 Å². The van der Waals surface area contributed by atoms with E-state index in [2.05, 4.69) is 4.74 Å². The summed E-state index contributed by atoms with van der Waals surface area (Å²) in [5.41, 5.74) is 1.11. The van der Waals surface area contributed by atoms with Crippen LogP contribution in [0.25, 0.3) is 0 Å². The van der Waals surface area contributed by atoms with E-state index in [0.29, 0.717) is 22.6 Å². The molecule has 4 rings (SSSR count). The van der Waals surface area contributed by atoms with Gasteiger partial charge in [-0.25, -0.2) is 9.69 Å². The number of imide groups is 1. The maximum absolute atomic E-state index is 13.2. The zero-order valence-electron chi connectivity index (χ0n) is 17.2. The Balaban J connectivity index is 1.58. The molecule has 2 aromatic rings. The Kier molecular flexibility index (Phi) is 5.46. The van der Waals surface area contributed by atoms with Gasteiger partial charge in [0.15, 0.2) is 0 Å². The van der Waals surface area contributed by atoms with Gasteiger partial charge in [-0.3, -0.25) is 14.4 Å². The first-order valence-electron chi connectivity index (χ1n) is 9.96. The topological polar surface area (TPSA) is 93.2 Å². The number of benzene rings is 2. The highest BCUT2D eigenvalue weighted by molar-refractivity contribution is 6.23. The molecule has 1 saturated heterocycles. The fourth-order valence-corrected chi connectivity index (χ4v) is 3.77. The molecule has 0 aromatic heterocycles. The number of hydrogen-bond acceptors (Lipinski definition) is 6. The number of anilines is 1. The van der Waals surface area contributed by atoms with E-state index in [9.17, 15) is 19.2 Å². The second-order valence-electron chi connectivity index (χ2n) is 7.50. The van der Waals surface area contributed by atoms with Gasteiger partial charge >= 0.3 is 5.97 Å². The number of nitrogens with zero attached hydrogens (tertiary/aromatic N) is 2. The molecule has 3 amide bonds. The molecule has 160 valence electrons. The van der Waals surface area contributed by atoms with Gasteiger partial charge < -0.3 is 14.4 Å². The Morgan fingerprint density at radius 2 is 1.55 bits per heavy atom. The van der Waals surface area contributed by atoms with Crippen LogP contribution < -0.4 is 9.64 Å². The van der Waals surface area contributed by atoms with Crippen molar-refractivity contribution in [3.8, 4) is 5.75 Å². The van der Waals surface area contributed by atoms with E-state index in [1.165, 1.54) is 31.4 Å². The van der Waals surface area contributed by atoms with Gasteiger partial charge in [-0.2, -0.15) is 0 Å². The first-order chi connectivity index (χ1) is 14.9. The lowest BCUT2D eigenvalue weighted by Gasteiger charge is -2.27. The van der Waals surface area contributed by atoms with Crippen molar-refractivity contribution in [1.82, 2.24) is 4.90 Å². The molecular weight excluding hydrogens is 400 g/mol. The van der Waals surface area contributed by atoms with Crippen LogP contribution >= 0.6 is 0 Å². The van der Waals surface area contributed by atoms with Crippen LogP contribution in [0.5, 0.6) is 5.75 Å². The predicted molar refractivity (Wildman–Crippen MR) is 111 cm³/mol. The average molecular weight is 422 g/mol. The van der Waals surface area contributed by atoms with Crippen LogP contribution in [0.2, 0.25) is 0 Å². The molecule has 2 fully saturated rings. The van der Waals surface area contributed by atoms with Gasteiger partial charge in [-0.05, 0) is 61.4 Å². The molecule has 2 aliphatic rings. The fourth-order valence-electron chi connectivity index (χ4n) is 3.77. The summed E-state index contributed by atoms with van der Waals surface area (Å²) in [4.78, 5) is 53.4. The van der Waals surface area contributed by atoms with Gasteiger partial charge in [0.05, 0.1) is 31.9 Å². The van der Waals surface area contributed by atoms with Gasteiger partial charge in [-0.15, -0.1) is 0 Å². The zero-order chi connectivity index (χ0) is 22.1. The van der Waals surface area contributed by atoms with E-state index in [4.69, 9.17) is 4.74 Å². The predicted octanol–water partition coefficient (Wildman–Crippen LogP) is 2.42. The number of carbonyl (C=O) groups is 4. The summed E-state index contributed by atoms with van der Waals surface area (Å²) in [6.07, 6.45) is 1.53. The van der Waals surface area contributed by atoms with Crippen molar-refractivity contribution in [1.29, 1.82) is 0 Å². The largest absolute Gasteiger partial charge is 0.497 e. The summed E-state index contributed by atoms with van der Waals surface area (Å²) in [6, 6.07) is 11.8. The lowest BCUT2D eigenvalue weighted by atomic mass is 10.1. The van der Waals surface area contributed by atoms with Crippen LogP contribution in [0.1, 0.15) is 40.0 Å². The molecular formula is C23H22N2O6. The summed E-state index contributed by atoms with van der Waals surface area (Å²) < 4.78 is 9.80. The first kappa shape index (κ1) is 20.6. The summed E-state index contributed by atoms with van der Waals surface area (Å²) in [6.45, 7) is 0.